The highest BCUT2D eigenvalue weighted by molar-refractivity contribution is 7.92. The molecule has 0 spiro atoms. The molecule has 3 aromatic rings. The first-order valence-electron chi connectivity index (χ1n) is 10.2. The van der Waals surface area contributed by atoms with Gasteiger partial charge in [0.05, 0.1) is 27.5 Å². The summed E-state index contributed by atoms with van der Waals surface area (Å²) in [4.78, 5) is 16.3. The predicted octanol–water partition coefficient (Wildman–Crippen LogP) is 4.27. The van der Waals surface area contributed by atoms with E-state index >= 15 is 0 Å². The van der Waals surface area contributed by atoms with Gasteiger partial charge in [0.15, 0.2) is 0 Å². The zero-order valence-corrected chi connectivity index (χ0v) is 19.7. The van der Waals surface area contributed by atoms with Crippen molar-refractivity contribution in [2.75, 3.05) is 17.4 Å². The Labute approximate surface area is 200 Å². The first-order chi connectivity index (χ1) is 16.0. The van der Waals surface area contributed by atoms with Crippen LogP contribution in [0.15, 0.2) is 66.1 Å². The summed E-state index contributed by atoms with van der Waals surface area (Å²) in [5.74, 6) is -0.662. The van der Waals surface area contributed by atoms with E-state index in [0.717, 1.165) is 17.7 Å². The van der Waals surface area contributed by atoms with Gasteiger partial charge in [0.1, 0.15) is 6.54 Å². The van der Waals surface area contributed by atoms with Gasteiger partial charge in [-0.3, -0.25) is 9.10 Å². The molecule has 0 aliphatic rings. The number of hydrogen-bond donors (Lipinski definition) is 1. The summed E-state index contributed by atoms with van der Waals surface area (Å²) in [6.07, 6.45) is 0.745. The summed E-state index contributed by atoms with van der Waals surface area (Å²) < 4.78 is 69.3. The number of halogens is 4. The maximum atomic E-state index is 13.4. The van der Waals surface area contributed by atoms with Gasteiger partial charge < -0.3 is 9.88 Å². The third-order valence-electron chi connectivity index (χ3n) is 4.91. The number of nitrogens with one attached hydrogen (secondary N) is 1. The van der Waals surface area contributed by atoms with Crippen LogP contribution in [0.4, 0.5) is 18.9 Å². The third-order valence-corrected chi connectivity index (χ3v) is 7.03. The van der Waals surface area contributed by atoms with Gasteiger partial charge >= 0.3 is 6.18 Å². The van der Waals surface area contributed by atoms with Crippen LogP contribution in [0.2, 0.25) is 5.02 Å². The van der Waals surface area contributed by atoms with Gasteiger partial charge in [-0.25, -0.2) is 13.4 Å². The van der Waals surface area contributed by atoms with Crippen molar-refractivity contribution in [3.63, 3.8) is 0 Å². The highest BCUT2D eigenvalue weighted by Crippen LogP contribution is 2.38. The monoisotopic (exact) mass is 514 g/mol. The second kappa shape index (κ2) is 10.5. The number of aromatic nitrogens is 2. The smallest absolute Gasteiger partial charge is 0.354 e. The number of aryl methyl sites for hydroxylation is 2. The van der Waals surface area contributed by atoms with Crippen LogP contribution in [-0.2, 0) is 27.5 Å². The Morgan fingerprint density at radius 3 is 2.50 bits per heavy atom. The molecule has 1 N–H and O–H groups in total. The quantitative estimate of drug-likeness (QED) is 0.432. The maximum absolute atomic E-state index is 13.4. The fraction of sp³-hybridized carbons (Fsp3) is 0.273. The van der Waals surface area contributed by atoms with Crippen LogP contribution in [0.25, 0.3) is 0 Å². The maximum Gasteiger partial charge on any atom is 0.417 e. The van der Waals surface area contributed by atoms with Gasteiger partial charge in [-0.1, -0.05) is 29.3 Å². The van der Waals surface area contributed by atoms with Gasteiger partial charge in [-0.05, 0) is 43.7 Å². The topological polar surface area (TPSA) is 84.3 Å². The van der Waals surface area contributed by atoms with Gasteiger partial charge in [-0.15, -0.1) is 0 Å². The van der Waals surface area contributed by atoms with Crippen LogP contribution in [0.3, 0.4) is 0 Å². The normalized spacial score (nSPS) is 11.9. The summed E-state index contributed by atoms with van der Waals surface area (Å²) in [5, 5.41) is 2.03. The Morgan fingerprint density at radius 2 is 1.88 bits per heavy atom. The van der Waals surface area contributed by atoms with E-state index in [2.05, 4.69) is 10.3 Å². The molecule has 0 aliphatic heterocycles. The second-order valence-electron chi connectivity index (χ2n) is 7.49. The molecule has 2 aromatic carbocycles. The van der Waals surface area contributed by atoms with Crippen molar-refractivity contribution < 1.29 is 26.4 Å². The standard InChI is InChI=1S/C22H22ClF3N4O3S/c1-16-3-6-18(7-4-16)34(32,33)30(17-5-8-20(23)19(13-17)22(24,25)26)14-21(31)28-9-2-11-29-12-10-27-15-29/h3-8,10,12-13,15H,2,9,11,14H2,1H3,(H,28,31). The van der Waals surface area contributed by atoms with Gasteiger partial charge in [-0.2, -0.15) is 13.2 Å². The molecule has 0 saturated heterocycles. The van der Waals surface area contributed by atoms with E-state index in [-0.39, 0.29) is 17.1 Å². The number of anilines is 1. The van der Waals surface area contributed by atoms with Crippen LogP contribution in [0, 0.1) is 6.92 Å². The minimum absolute atomic E-state index is 0.158. The number of sulfonamides is 1. The zero-order valence-electron chi connectivity index (χ0n) is 18.1. The lowest BCUT2D eigenvalue weighted by atomic mass is 10.2. The van der Waals surface area contributed by atoms with E-state index < -0.39 is 39.2 Å². The van der Waals surface area contributed by atoms with E-state index in [4.69, 9.17) is 11.6 Å². The molecular formula is C22H22ClF3N4O3S. The number of rotatable bonds is 9. The number of amides is 1. The number of hydrogen-bond acceptors (Lipinski definition) is 4. The van der Waals surface area contributed by atoms with E-state index in [9.17, 15) is 26.4 Å². The number of alkyl halides is 3. The Morgan fingerprint density at radius 1 is 1.18 bits per heavy atom. The van der Waals surface area contributed by atoms with Crippen LogP contribution < -0.4 is 9.62 Å². The van der Waals surface area contributed by atoms with Gasteiger partial charge in [0.25, 0.3) is 10.0 Å². The van der Waals surface area contributed by atoms with E-state index in [1.54, 1.807) is 37.8 Å². The Kier molecular flexibility index (Phi) is 7.88. The summed E-state index contributed by atoms with van der Waals surface area (Å²) >= 11 is 5.69. The molecule has 182 valence electrons. The molecule has 12 heteroatoms. The zero-order chi connectivity index (χ0) is 24.9. The van der Waals surface area contributed by atoms with Crippen molar-refractivity contribution in [3.8, 4) is 0 Å². The summed E-state index contributed by atoms with van der Waals surface area (Å²) in [6, 6.07) is 8.51. The van der Waals surface area contributed by atoms with Crippen LogP contribution in [0.5, 0.6) is 0 Å². The van der Waals surface area contributed by atoms with Gasteiger partial charge in [0.2, 0.25) is 5.91 Å². The van der Waals surface area contributed by atoms with E-state index in [0.29, 0.717) is 23.3 Å². The van der Waals surface area contributed by atoms with Crippen molar-refractivity contribution in [2.45, 2.75) is 31.0 Å². The summed E-state index contributed by atoms with van der Waals surface area (Å²) in [5.41, 5.74) is -0.727. The lowest BCUT2D eigenvalue weighted by Gasteiger charge is -2.25. The average molecular weight is 515 g/mol. The number of imidazole rings is 1. The molecular weight excluding hydrogens is 493 g/mol. The molecule has 1 heterocycles. The van der Waals surface area contributed by atoms with Crippen LogP contribution in [0.1, 0.15) is 17.5 Å². The second-order valence-corrected chi connectivity index (χ2v) is 9.76. The molecule has 0 bridgehead atoms. The molecule has 0 unspecified atom stereocenters. The molecule has 0 saturated carbocycles. The Hall–Kier alpha value is -3.05. The lowest BCUT2D eigenvalue weighted by Crippen LogP contribution is -2.41. The molecule has 7 nitrogen and oxygen atoms in total. The number of benzene rings is 2. The van der Waals surface area contributed by atoms with Gasteiger partial charge in [0, 0.05) is 25.5 Å². The van der Waals surface area contributed by atoms with Crippen molar-refractivity contribution in [1.82, 2.24) is 14.9 Å². The highest BCUT2D eigenvalue weighted by Gasteiger charge is 2.35. The molecule has 1 amide bonds. The average Bonchev–Trinajstić information content (AvgIpc) is 3.29. The van der Waals surface area contributed by atoms with Crippen molar-refractivity contribution in [1.29, 1.82) is 0 Å². The molecule has 0 aliphatic carbocycles. The van der Waals surface area contributed by atoms with Crippen molar-refractivity contribution in [2.24, 2.45) is 0 Å². The number of carbonyl (C=O) groups excluding carboxylic acids is 1. The molecule has 1 aromatic heterocycles. The third kappa shape index (κ3) is 6.29. The lowest BCUT2D eigenvalue weighted by molar-refractivity contribution is -0.137. The minimum Gasteiger partial charge on any atom is -0.354 e. The first kappa shape index (κ1) is 25.6. The Balaban J connectivity index is 1.86. The molecule has 3 rings (SSSR count). The van der Waals surface area contributed by atoms with Crippen LogP contribution >= 0.6 is 11.6 Å². The van der Waals surface area contributed by atoms with Crippen molar-refractivity contribution in [3.05, 3.63) is 77.3 Å². The molecule has 0 radical (unpaired) electrons. The first-order valence-corrected chi connectivity index (χ1v) is 12.0. The number of nitrogens with zero attached hydrogens (tertiary/aromatic N) is 3. The molecule has 0 atom stereocenters. The largest absolute Gasteiger partial charge is 0.417 e. The molecule has 0 fully saturated rings. The number of carbonyl (C=O) groups is 1. The van der Waals surface area contributed by atoms with Crippen molar-refractivity contribution >= 4 is 33.2 Å². The fourth-order valence-electron chi connectivity index (χ4n) is 3.13. The summed E-state index contributed by atoms with van der Waals surface area (Å²) in [7, 11) is -4.36. The van der Waals surface area contributed by atoms with E-state index in [1.807, 2.05) is 4.57 Å². The highest BCUT2D eigenvalue weighted by atomic mass is 35.5. The van der Waals surface area contributed by atoms with E-state index in [1.165, 1.54) is 12.1 Å². The SMILES string of the molecule is Cc1ccc(S(=O)(=O)N(CC(=O)NCCCn2ccnc2)c2ccc(Cl)c(C(F)(F)F)c2)cc1. The summed E-state index contributed by atoms with van der Waals surface area (Å²) in [6.45, 7) is 1.88. The fourth-order valence-corrected chi connectivity index (χ4v) is 4.77. The minimum atomic E-state index is -4.80. The predicted molar refractivity (Wildman–Crippen MR) is 122 cm³/mol. The van der Waals surface area contributed by atoms with Crippen LogP contribution in [-0.4, -0.2) is 37.0 Å². The molecule has 34 heavy (non-hydrogen) atoms. The Bertz CT molecular complexity index is 1230.